The molecule has 29 heavy (non-hydrogen) atoms. The maximum atomic E-state index is 13.0. The first-order valence-electron chi connectivity index (χ1n) is 9.34. The van der Waals surface area contributed by atoms with Crippen LogP contribution in [0.1, 0.15) is 18.4 Å². The molecule has 1 unspecified atom stereocenters. The molecule has 1 atom stereocenters. The van der Waals surface area contributed by atoms with E-state index in [0.717, 1.165) is 25.0 Å². The normalized spacial score (nSPS) is 16.4. The van der Waals surface area contributed by atoms with Crippen molar-refractivity contribution in [2.24, 2.45) is 0 Å². The van der Waals surface area contributed by atoms with Gasteiger partial charge in [-0.05, 0) is 35.9 Å². The van der Waals surface area contributed by atoms with Crippen molar-refractivity contribution < 1.29 is 9.53 Å². The third-order valence-electron chi connectivity index (χ3n) is 4.70. The lowest BCUT2D eigenvalue weighted by Crippen LogP contribution is -2.33. The number of rotatable bonds is 7. The molecule has 1 amide bonds. The fraction of sp³-hybridized carbons (Fsp3) is 0.350. The van der Waals surface area contributed by atoms with Crippen LogP contribution >= 0.6 is 34.7 Å². The van der Waals surface area contributed by atoms with Crippen LogP contribution in [0.15, 0.2) is 45.7 Å². The van der Waals surface area contributed by atoms with E-state index in [2.05, 4.69) is 10.3 Å². The molecule has 1 N–H and O–H groups in total. The smallest absolute Gasteiger partial charge is 0.272 e. The monoisotopic (exact) mass is 449 g/mol. The lowest BCUT2D eigenvalue weighted by Gasteiger charge is -2.14. The van der Waals surface area contributed by atoms with Gasteiger partial charge in [-0.15, -0.1) is 11.3 Å². The summed E-state index contributed by atoms with van der Waals surface area (Å²) in [7, 11) is 0. The molecule has 152 valence electrons. The lowest BCUT2D eigenvalue weighted by molar-refractivity contribution is -0.119. The van der Waals surface area contributed by atoms with Crippen LogP contribution in [0.25, 0.3) is 10.2 Å². The molecular formula is C20H20ClN3O3S2. The number of thiophene rings is 1. The van der Waals surface area contributed by atoms with Crippen LogP contribution in [0.4, 0.5) is 0 Å². The second-order valence-corrected chi connectivity index (χ2v) is 9.01. The van der Waals surface area contributed by atoms with Crippen molar-refractivity contribution in [1.82, 2.24) is 14.9 Å². The van der Waals surface area contributed by atoms with Gasteiger partial charge in [-0.3, -0.25) is 14.2 Å². The number of nitrogens with zero attached hydrogens (tertiary/aromatic N) is 2. The highest BCUT2D eigenvalue weighted by molar-refractivity contribution is 7.99. The molecule has 3 aromatic rings. The number of amides is 1. The quantitative estimate of drug-likeness (QED) is 0.441. The molecule has 3 heterocycles. The number of hydrogen-bond acceptors (Lipinski definition) is 6. The number of carbonyl (C=O) groups is 1. The van der Waals surface area contributed by atoms with E-state index in [1.165, 1.54) is 23.1 Å². The molecule has 0 radical (unpaired) electrons. The Balaban J connectivity index is 1.53. The zero-order valence-corrected chi connectivity index (χ0v) is 18.0. The number of aromatic nitrogens is 2. The highest BCUT2D eigenvalue weighted by Crippen LogP contribution is 2.23. The summed E-state index contributed by atoms with van der Waals surface area (Å²) in [5.74, 6) is 0.0755. The highest BCUT2D eigenvalue weighted by atomic mass is 35.5. The predicted octanol–water partition coefficient (Wildman–Crippen LogP) is 3.55. The third-order valence-corrected chi connectivity index (χ3v) is 6.94. The van der Waals surface area contributed by atoms with Crippen LogP contribution < -0.4 is 10.9 Å². The molecule has 0 bridgehead atoms. The van der Waals surface area contributed by atoms with Crippen molar-refractivity contribution in [2.45, 2.75) is 30.6 Å². The van der Waals surface area contributed by atoms with Crippen LogP contribution in [0.2, 0.25) is 5.02 Å². The zero-order chi connectivity index (χ0) is 20.2. The molecule has 0 saturated carbocycles. The van der Waals surface area contributed by atoms with Crippen molar-refractivity contribution in [3.05, 3.63) is 56.7 Å². The average molecular weight is 450 g/mol. The number of benzene rings is 1. The van der Waals surface area contributed by atoms with Gasteiger partial charge in [0.15, 0.2) is 5.16 Å². The first kappa shape index (κ1) is 20.4. The Kier molecular flexibility index (Phi) is 6.54. The Labute approximate surface area is 181 Å². The molecular weight excluding hydrogens is 430 g/mol. The second-order valence-electron chi connectivity index (χ2n) is 6.74. The van der Waals surface area contributed by atoms with Gasteiger partial charge in [0, 0.05) is 18.2 Å². The van der Waals surface area contributed by atoms with Crippen LogP contribution in [0.3, 0.4) is 0 Å². The van der Waals surface area contributed by atoms with Gasteiger partial charge in [-0.25, -0.2) is 4.98 Å². The van der Waals surface area contributed by atoms with E-state index in [4.69, 9.17) is 16.3 Å². The maximum Gasteiger partial charge on any atom is 0.272 e. The first-order chi connectivity index (χ1) is 14.1. The predicted molar refractivity (Wildman–Crippen MR) is 117 cm³/mol. The number of halogens is 1. The van der Waals surface area contributed by atoms with Gasteiger partial charge in [0.25, 0.3) is 5.56 Å². The van der Waals surface area contributed by atoms with Gasteiger partial charge in [-0.1, -0.05) is 41.6 Å². The lowest BCUT2D eigenvalue weighted by atomic mass is 10.2. The zero-order valence-electron chi connectivity index (χ0n) is 15.6. The number of hydrogen-bond donors (Lipinski definition) is 1. The number of carbonyl (C=O) groups excluding carboxylic acids is 1. The molecule has 1 aliphatic heterocycles. The van der Waals surface area contributed by atoms with Crippen molar-refractivity contribution in [2.75, 3.05) is 18.9 Å². The van der Waals surface area contributed by atoms with Gasteiger partial charge in [0.1, 0.15) is 4.70 Å². The minimum atomic E-state index is -0.118. The van der Waals surface area contributed by atoms with E-state index < -0.39 is 0 Å². The van der Waals surface area contributed by atoms with Crippen LogP contribution in [0, 0.1) is 0 Å². The van der Waals surface area contributed by atoms with Crippen molar-refractivity contribution in [1.29, 1.82) is 0 Å². The summed E-state index contributed by atoms with van der Waals surface area (Å²) in [6.07, 6.45) is 2.11. The first-order valence-corrected chi connectivity index (χ1v) is 11.6. The SMILES string of the molecule is O=C(CSc1nc2ccsc2c(=O)n1Cc1ccccc1Cl)NCC1CCCO1. The van der Waals surface area contributed by atoms with E-state index in [0.29, 0.717) is 33.5 Å². The molecule has 0 spiro atoms. The van der Waals surface area contributed by atoms with Gasteiger partial charge in [0.05, 0.1) is 23.9 Å². The minimum absolute atomic E-state index is 0.0997. The van der Waals surface area contributed by atoms with Gasteiger partial charge >= 0.3 is 0 Å². The van der Waals surface area contributed by atoms with E-state index >= 15 is 0 Å². The molecule has 1 aromatic carbocycles. The molecule has 1 fully saturated rings. The molecule has 9 heteroatoms. The Morgan fingerprint density at radius 3 is 3.03 bits per heavy atom. The third kappa shape index (κ3) is 4.83. The van der Waals surface area contributed by atoms with Crippen molar-refractivity contribution in [3.63, 3.8) is 0 Å². The van der Waals surface area contributed by atoms with Gasteiger partial charge < -0.3 is 10.1 Å². The summed E-state index contributed by atoms with van der Waals surface area (Å²) in [6, 6.07) is 9.24. The Morgan fingerprint density at radius 2 is 2.24 bits per heavy atom. The Bertz CT molecular complexity index is 1080. The summed E-state index contributed by atoms with van der Waals surface area (Å²) in [5.41, 5.74) is 1.36. The fourth-order valence-electron chi connectivity index (χ4n) is 3.18. The summed E-state index contributed by atoms with van der Waals surface area (Å²) < 4.78 is 7.72. The van der Waals surface area contributed by atoms with Crippen LogP contribution in [-0.4, -0.2) is 40.5 Å². The van der Waals surface area contributed by atoms with Crippen LogP contribution in [0.5, 0.6) is 0 Å². The molecule has 1 aliphatic rings. The highest BCUT2D eigenvalue weighted by Gasteiger charge is 2.18. The van der Waals surface area contributed by atoms with Crippen LogP contribution in [-0.2, 0) is 16.1 Å². The molecule has 0 aliphatic carbocycles. The molecule has 1 saturated heterocycles. The van der Waals surface area contributed by atoms with Gasteiger partial charge in [-0.2, -0.15) is 0 Å². The standard InChI is InChI=1S/C20H20ClN3O3S2/c21-15-6-2-1-4-13(15)11-24-19(26)18-16(7-9-28-18)23-20(24)29-12-17(25)22-10-14-5-3-8-27-14/h1-2,4,6-7,9,14H,3,5,8,10-12H2,(H,22,25). The summed E-state index contributed by atoms with van der Waals surface area (Å²) in [6.45, 7) is 1.58. The van der Waals surface area contributed by atoms with E-state index in [1.54, 1.807) is 10.6 Å². The summed E-state index contributed by atoms with van der Waals surface area (Å²) >= 11 is 8.91. The largest absolute Gasteiger partial charge is 0.376 e. The number of fused-ring (bicyclic) bond motifs is 1. The molecule has 4 rings (SSSR count). The number of nitrogens with one attached hydrogen (secondary N) is 1. The summed E-state index contributed by atoms with van der Waals surface area (Å²) in [5, 5.41) is 5.85. The van der Waals surface area contributed by atoms with E-state index in [1.807, 2.05) is 29.6 Å². The van der Waals surface area contributed by atoms with E-state index in [-0.39, 0.29) is 23.3 Å². The topological polar surface area (TPSA) is 73.2 Å². The molecule has 6 nitrogen and oxygen atoms in total. The number of ether oxygens (including phenoxy) is 1. The number of thioether (sulfide) groups is 1. The Hall–Kier alpha value is -1.87. The van der Waals surface area contributed by atoms with Crippen molar-refractivity contribution in [3.8, 4) is 0 Å². The van der Waals surface area contributed by atoms with E-state index in [9.17, 15) is 9.59 Å². The molecule has 2 aromatic heterocycles. The maximum absolute atomic E-state index is 13.0. The summed E-state index contributed by atoms with van der Waals surface area (Å²) in [4.78, 5) is 29.9. The Morgan fingerprint density at radius 1 is 1.38 bits per heavy atom. The second kappa shape index (κ2) is 9.30. The fourth-order valence-corrected chi connectivity index (χ4v) is 4.99. The minimum Gasteiger partial charge on any atom is -0.376 e. The van der Waals surface area contributed by atoms with Crippen molar-refractivity contribution >= 4 is 50.8 Å². The van der Waals surface area contributed by atoms with Gasteiger partial charge in [0.2, 0.25) is 5.91 Å². The average Bonchev–Trinajstić information content (AvgIpc) is 3.40.